The molecule has 3 rings (SSSR count). The van der Waals surface area contributed by atoms with Crippen molar-refractivity contribution in [3.8, 4) is 0 Å². The van der Waals surface area contributed by atoms with Crippen LogP contribution in [-0.2, 0) is 13.0 Å². The number of amides is 1. The number of rotatable bonds is 5. The highest BCUT2D eigenvalue weighted by Gasteiger charge is 2.19. The largest absolute Gasteiger partial charge is 0.395 e. The lowest BCUT2D eigenvalue weighted by Gasteiger charge is -2.30. The highest BCUT2D eigenvalue weighted by molar-refractivity contribution is 5.94. The minimum atomic E-state index is -0.0624. The lowest BCUT2D eigenvalue weighted by Crippen LogP contribution is -2.34. The van der Waals surface area contributed by atoms with Crippen molar-refractivity contribution in [2.24, 2.45) is 0 Å². The molecular weight excluding hydrogens is 302 g/mol. The van der Waals surface area contributed by atoms with Gasteiger partial charge in [-0.1, -0.05) is 24.3 Å². The summed E-state index contributed by atoms with van der Waals surface area (Å²) >= 11 is 0. The van der Waals surface area contributed by atoms with Gasteiger partial charge in [0.2, 0.25) is 0 Å². The topological polar surface area (TPSA) is 56.7 Å². The number of carbonyl (C=O) groups excluding carboxylic acids is 1. The number of nitrogens with zero attached hydrogens (tertiary/aromatic N) is 3. The molecule has 0 saturated heterocycles. The molecule has 0 radical (unpaired) electrons. The average Bonchev–Trinajstić information content (AvgIpc) is 2.65. The number of hydrogen-bond donors (Lipinski definition) is 1. The van der Waals surface area contributed by atoms with E-state index < -0.39 is 0 Å². The number of carbonyl (C=O) groups is 1. The van der Waals surface area contributed by atoms with E-state index in [-0.39, 0.29) is 12.5 Å². The van der Waals surface area contributed by atoms with Gasteiger partial charge in [0.25, 0.3) is 5.91 Å². The van der Waals surface area contributed by atoms with Crippen LogP contribution in [0.3, 0.4) is 0 Å². The summed E-state index contributed by atoms with van der Waals surface area (Å²) in [5.41, 5.74) is 3.33. The molecule has 1 aromatic carbocycles. The summed E-state index contributed by atoms with van der Waals surface area (Å²) in [6, 6.07) is 12.1. The zero-order chi connectivity index (χ0) is 16.9. The van der Waals surface area contributed by atoms with E-state index in [0.29, 0.717) is 18.7 Å². The summed E-state index contributed by atoms with van der Waals surface area (Å²) in [7, 11) is 0. The van der Waals surface area contributed by atoms with Gasteiger partial charge in [-0.25, -0.2) is 4.98 Å². The third kappa shape index (κ3) is 3.41. The van der Waals surface area contributed by atoms with E-state index in [0.717, 1.165) is 25.3 Å². The van der Waals surface area contributed by atoms with E-state index in [1.165, 1.54) is 11.1 Å². The lowest BCUT2D eigenvalue weighted by molar-refractivity contribution is 0.0732. The third-order valence-electron chi connectivity index (χ3n) is 4.49. The Morgan fingerprint density at radius 2 is 2.08 bits per heavy atom. The first-order valence-electron chi connectivity index (χ1n) is 8.41. The number of aliphatic hydroxyl groups is 1. The van der Waals surface area contributed by atoms with Crippen molar-refractivity contribution in [1.29, 1.82) is 0 Å². The van der Waals surface area contributed by atoms with Gasteiger partial charge in [-0.2, -0.15) is 0 Å². The number of fused-ring (bicyclic) bond motifs is 1. The van der Waals surface area contributed by atoms with E-state index in [1.54, 1.807) is 17.2 Å². The van der Waals surface area contributed by atoms with Crippen molar-refractivity contribution in [3.63, 3.8) is 0 Å². The molecule has 2 aromatic rings. The van der Waals surface area contributed by atoms with E-state index in [4.69, 9.17) is 5.11 Å². The van der Waals surface area contributed by atoms with Gasteiger partial charge in [0.1, 0.15) is 5.82 Å². The van der Waals surface area contributed by atoms with Crippen molar-refractivity contribution in [2.45, 2.75) is 19.9 Å². The predicted molar refractivity (Wildman–Crippen MR) is 94.1 cm³/mol. The van der Waals surface area contributed by atoms with Gasteiger partial charge < -0.3 is 14.9 Å². The summed E-state index contributed by atoms with van der Waals surface area (Å²) in [5, 5.41) is 9.10. The van der Waals surface area contributed by atoms with E-state index in [9.17, 15) is 4.79 Å². The number of pyridine rings is 1. The molecule has 0 fully saturated rings. The molecule has 126 valence electrons. The summed E-state index contributed by atoms with van der Waals surface area (Å²) in [5.74, 6) is 0.767. The summed E-state index contributed by atoms with van der Waals surface area (Å²) < 4.78 is 0. The van der Waals surface area contributed by atoms with Crippen molar-refractivity contribution in [3.05, 3.63) is 59.3 Å². The van der Waals surface area contributed by atoms with Crippen LogP contribution in [0, 0.1) is 0 Å². The first-order valence-corrected chi connectivity index (χ1v) is 8.41. The number of benzene rings is 1. The Kier molecular flexibility index (Phi) is 5.11. The zero-order valence-corrected chi connectivity index (χ0v) is 14.0. The van der Waals surface area contributed by atoms with E-state index in [1.807, 2.05) is 13.0 Å². The fraction of sp³-hybridized carbons (Fsp3) is 0.368. The van der Waals surface area contributed by atoms with Gasteiger partial charge in [0.05, 0.1) is 6.61 Å². The van der Waals surface area contributed by atoms with E-state index in [2.05, 4.69) is 34.1 Å². The van der Waals surface area contributed by atoms with Gasteiger partial charge in [0.15, 0.2) is 0 Å². The van der Waals surface area contributed by atoms with Crippen LogP contribution in [0.4, 0.5) is 5.82 Å². The summed E-state index contributed by atoms with van der Waals surface area (Å²) in [6.45, 7) is 4.53. The third-order valence-corrected chi connectivity index (χ3v) is 4.49. The molecule has 0 aliphatic carbocycles. The second kappa shape index (κ2) is 7.45. The van der Waals surface area contributed by atoms with Gasteiger partial charge >= 0.3 is 0 Å². The number of anilines is 1. The Morgan fingerprint density at radius 3 is 2.83 bits per heavy atom. The minimum absolute atomic E-state index is 0.0274. The van der Waals surface area contributed by atoms with Gasteiger partial charge in [-0.15, -0.1) is 0 Å². The second-order valence-electron chi connectivity index (χ2n) is 5.95. The fourth-order valence-electron chi connectivity index (χ4n) is 3.12. The number of likely N-dealkylation sites (N-methyl/N-ethyl adjacent to an activating group) is 1. The smallest absolute Gasteiger partial charge is 0.254 e. The van der Waals surface area contributed by atoms with Crippen LogP contribution < -0.4 is 4.90 Å². The van der Waals surface area contributed by atoms with Gasteiger partial charge in [0, 0.05) is 37.9 Å². The van der Waals surface area contributed by atoms with Crippen LogP contribution in [0.1, 0.15) is 28.4 Å². The molecule has 1 N–H and O–H groups in total. The molecule has 0 unspecified atom stereocenters. The minimum Gasteiger partial charge on any atom is -0.395 e. The molecule has 5 nitrogen and oxygen atoms in total. The first kappa shape index (κ1) is 16.5. The quantitative estimate of drug-likeness (QED) is 0.915. The van der Waals surface area contributed by atoms with Crippen LogP contribution in [0.5, 0.6) is 0 Å². The number of aromatic nitrogens is 1. The lowest BCUT2D eigenvalue weighted by atomic mass is 10.00. The molecule has 5 heteroatoms. The molecule has 1 aromatic heterocycles. The van der Waals surface area contributed by atoms with Crippen molar-refractivity contribution >= 4 is 11.7 Å². The van der Waals surface area contributed by atoms with Gasteiger partial charge in [-0.3, -0.25) is 4.79 Å². The fourth-order valence-corrected chi connectivity index (χ4v) is 3.12. The van der Waals surface area contributed by atoms with Crippen LogP contribution in [0.25, 0.3) is 0 Å². The molecule has 0 saturated carbocycles. The summed E-state index contributed by atoms with van der Waals surface area (Å²) in [6.07, 6.45) is 2.68. The Labute approximate surface area is 142 Å². The molecule has 24 heavy (non-hydrogen) atoms. The second-order valence-corrected chi connectivity index (χ2v) is 5.95. The Bertz CT molecular complexity index is 717. The Morgan fingerprint density at radius 1 is 1.29 bits per heavy atom. The molecule has 2 heterocycles. The first-order chi connectivity index (χ1) is 11.7. The van der Waals surface area contributed by atoms with Crippen LogP contribution in [0.15, 0.2) is 42.6 Å². The van der Waals surface area contributed by atoms with Crippen molar-refractivity contribution in [1.82, 2.24) is 9.88 Å². The Balaban J connectivity index is 1.80. The average molecular weight is 325 g/mol. The van der Waals surface area contributed by atoms with Crippen molar-refractivity contribution < 1.29 is 9.90 Å². The molecule has 1 aliphatic rings. The number of aliphatic hydroxyl groups excluding tert-OH is 1. The maximum atomic E-state index is 12.6. The predicted octanol–water partition coefficient (Wildman–Crippen LogP) is 2.10. The molecule has 0 atom stereocenters. The normalized spacial score (nSPS) is 13.5. The SMILES string of the molecule is CCN(CCO)C(=O)c1ccnc(N2CCc3ccccc3C2)c1. The highest BCUT2D eigenvalue weighted by atomic mass is 16.3. The summed E-state index contributed by atoms with van der Waals surface area (Å²) in [4.78, 5) is 20.9. The monoisotopic (exact) mass is 325 g/mol. The van der Waals surface area contributed by atoms with Gasteiger partial charge in [-0.05, 0) is 36.6 Å². The van der Waals surface area contributed by atoms with Crippen LogP contribution in [0.2, 0.25) is 0 Å². The van der Waals surface area contributed by atoms with Crippen LogP contribution in [-0.4, -0.2) is 47.1 Å². The van der Waals surface area contributed by atoms with Crippen LogP contribution >= 0.6 is 0 Å². The number of hydrogen-bond acceptors (Lipinski definition) is 4. The molecule has 1 aliphatic heterocycles. The molecule has 1 amide bonds. The zero-order valence-electron chi connectivity index (χ0n) is 14.0. The molecular formula is C19H23N3O2. The molecule has 0 spiro atoms. The van der Waals surface area contributed by atoms with Crippen molar-refractivity contribution in [2.75, 3.05) is 31.1 Å². The Hall–Kier alpha value is -2.40. The molecule has 0 bridgehead atoms. The highest BCUT2D eigenvalue weighted by Crippen LogP contribution is 2.23. The maximum absolute atomic E-state index is 12.6. The standard InChI is InChI=1S/C19H23N3O2/c1-2-21(11-12-23)19(24)16-7-9-20-18(13-16)22-10-8-15-5-3-4-6-17(15)14-22/h3-7,9,13,23H,2,8,10-12,14H2,1H3. The maximum Gasteiger partial charge on any atom is 0.254 e. The van der Waals surface area contributed by atoms with E-state index >= 15 is 0 Å².